The third-order valence-corrected chi connectivity index (χ3v) is 9.00. The number of nitrogens with zero attached hydrogens (tertiary/aromatic N) is 2. The first kappa shape index (κ1) is 33.6. The number of rotatable bonds is 12. The van der Waals surface area contributed by atoms with Crippen LogP contribution < -0.4 is 9.62 Å². The predicted octanol–water partition coefficient (Wildman–Crippen LogP) is 6.24. The average Bonchev–Trinajstić information content (AvgIpc) is 2.96. The molecule has 0 aliphatic rings. The molecule has 2 amide bonds. The molecule has 0 heterocycles. The molecule has 11 heteroatoms. The van der Waals surface area contributed by atoms with Crippen LogP contribution in [0.4, 0.5) is 18.9 Å². The molecule has 0 aliphatic heterocycles. The van der Waals surface area contributed by atoms with Gasteiger partial charge in [0.15, 0.2) is 0 Å². The molecule has 0 unspecified atom stereocenters. The molecule has 1 N–H and O–H groups in total. The van der Waals surface area contributed by atoms with Gasteiger partial charge in [-0.25, -0.2) is 8.42 Å². The Morgan fingerprint density at radius 2 is 1.47 bits per heavy atom. The highest BCUT2D eigenvalue weighted by Gasteiger charge is 2.36. The summed E-state index contributed by atoms with van der Waals surface area (Å²) in [4.78, 5) is 28.5. The molecule has 232 valence electrons. The molecule has 0 saturated carbocycles. The van der Waals surface area contributed by atoms with Crippen molar-refractivity contribution in [2.45, 2.75) is 77.2 Å². The zero-order valence-corrected chi connectivity index (χ0v) is 25.8. The van der Waals surface area contributed by atoms with Crippen LogP contribution in [0.3, 0.4) is 0 Å². The van der Waals surface area contributed by atoms with Crippen molar-refractivity contribution in [2.24, 2.45) is 0 Å². The number of nitrogens with one attached hydrogen (secondary N) is 1. The topological polar surface area (TPSA) is 86.8 Å². The third-order valence-electron chi connectivity index (χ3n) is 7.21. The van der Waals surface area contributed by atoms with Gasteiger partial charge in [-0.3, -0.25) is 13.9 Å². The lowest BCUT2D eigenvalue weighted by Crippen LogP contribution is -2.53. The van der Waals surface area contributed by atoms with E-state index in [0.29, 0.717) is 22.4 Å². The summed E-state index contributed by atoms with van der Waals surface area (Å²) in [5, 5.41) is 2.89. The fraction of sp³-hybridized carbons (Fsp3) is 0.375. The number of aryl methyl sites for hydroxylation is 2. The number of sulfonamides is 1. The molecule has 0 spiro atoms. The van der Waals surface area contributed by atoms with E-state index >= 15 is 0 Å². The maximum atomic E-state index is 14.1. The van der Waals surface area contributed by atoms with E-state index in [2.05, 4.69) is 5.32 Å². The molecule has 7 nitrogen and oxygen atoms in total. The summed E-state index contributed by atoms with van der Waals surface area (Å²) in [7, 11) is -4.50. The van der Waals surface area contributed by atoms with Gasteiger partial charge >= 0.3 is 6.18 Å². The predicted molar refractivity (Wildman–Crippen MR) is 161 cm³/mol. The van der Waals surface area contributed by atoms with Crippen LogP contribution in [0.25, 0.3) is 0 Å². The number of benzene rings is 3. The quantitative estimate of drug-likeness (QED) is 0.261. The number of hydrogen-bond donors (Lipinski definition) is 1. The van der Waals surface area contributed by atoms with E-state index in [4.69, 9.17) is 0 Å². The van der Waals surface area contributed by atoms with Gasteiger partial charge in [0.25, 0.3) is 10.0 Å². The average molecular weight is 618 g/mol. The number of alkyl halides is 3. The SMILES string of the molecule is CC[C@H](C(=O)N[C@@H](C)CC)N(Cc1ccc(C)cc1)C(=O)CN(c1cccc(C(F)(F)F)c1)S(=O)(=O)c1ccc(C)cc1. The van der Waals surface area contributed by atoms with Crippen LogP contribution in [0.2, 0.25) is 0 Å². The highest BCUT2D eigenvalue weighted by Crippen LogP contribution is 2.33. The van der Waals surface area contributed by atoms with Crippen LogP contribution in [-0.2, 0) is 32.3 Å². The fourth-order valence-corrected chi connectivity index (χ4v) is 5.86. The molecule has 0 aliphatic carbocycles. The number of halogens is 3. The Balaban J connectivity index is 2.12. The van der Waals surface area contributed by atoms with Gasteiger partial charge in [0.2, 0.25) is 11.8 Å². The van der Waals surface area contributed by atoms with Crippen LogP contribution in [0.15, 0.2) is 77.7 Å². The Hall–Kier alpha value is -3.86. The van der Waals surface area contributed by atoms with Gasteiger partial charge in [-0.2, -0.15) is 13.2 Å². The van der Waals surface area contributed by atoms with Crippen molar-refractivity contribution in [2.75, 3.05) is 10.8 Å². The molecule has 3 rings (SSSR count). The molecular formula is C32H38F3N3O4S. The minimum absolute atomic E-state index is 0.00738. The molecule has 0 bridgehead atoms. The van der Waals surface area contributed by atoms with E-state index in [-0.39, 0.29) is 29.6 Å². The number of carbonyl (C=O) groups is 2. The summed E-state index contributed by atoms with van der Waals surface area (Å²) in [6.07, 6.45) is -3.85. The second kappa shape index (κ2) is 14.1. The molecule has 43 heavy (non-hydrogen) atoms. The Kier molecular flexibility index (Phi) is 11.0. The molecule has 0 saturated heterocycles. The highest BCUT2D eigenvalue weighted by atomic mass is 32.2. The maximum absolute atomic E-state index is 14.1. The van der Waals surface area contributed by atoms with Gasteiger partial charge in [-0.1, -0.05) is 67.4 Å². The summed E-state index contributed by atoms with van der Waals surface area (Å²) in [5.41, 5.74) is 1.10. The van der Waals surface area contributed by atoms with Crippen LogP contribution in [0.5, 0.6) is 0 Å². The van der Waals surface area contributed by atoms with Crippen molar-refractivity contribution in [1.82, 2.24) is 10.2 Å². The highest BCUT2D eigenvalue weighted by molar-refractivity contribution is 7.92. The van der Waals surface area contributed by atoms with Gasteiger partial charge in [-0.05, 0) is 69.5 Å². The lowest BCUT2D eigenvalue weighted by Gasteiger charge is -2.34. The Morgan fingerprint density at radius 1 is 0.884 bits per heavy atom. The van der Waals surface area contributed by atoms with Gasteiger partial charge in [0, 0.05) is 12.6 Å². The largest absolute Gasteiger partial charge is 0.416 e. The first-order valence-electron chi connectivity index (χ1n) is 14.1. The Bertz CT molecular complexity index is 1510. The van der Waals surface area contributed by atoms with E-state index in [1.54, 1.807) is 26.0 Å². The zero-order valence-electron chi connectivity index (χ0n) is 25.0. The molecular weight excluding hydrogens is 579 g/mol. The summed E-state index contributed by atoms with van der Waals surface area (Å²) >= 11 is 0. The van der Waals surface area contributed by atoms with Crippen LogP contribution in [0.1, 0.15) is 55.9 Å². The first-order valence-corrected chi connectivity index (χ1v) is 15.5. The van der Waals surface area contributed by atoms with Crippen molar-refractivity contribution in [1.29, 1.82) is 0 Å². The van der Waals surface area contributed by atoms with E-state index in [1.807, 2.05) is 45.0 Å². The van der Waals surface area contributed by atoms with Crippen LogP contribution in [0, 0.1) is 13.8 Å². The second-order valence-corrected chi connectivity index (χ2v) is 12.5. The summed E-state index contributed by atoms with van der Waals surface area (Å²) in [6.45, 7) is 8.32. The second-order valence-electron chi connectivity index (χ2n) is 10.6. The van der Waals surface area contributed by atoms with Crippen molar-refractivity contribution in [3.05, 3.63) is 95.1 Å². The first-order chi connectivity index (χ1) is 20.2. The number of anilines is 1. The van der Waals surface area contributed by atoms with Gasteiger partial charge in [0.05, 0.1) is 16.1 Å². The normalized spacial score (nSPS) is 13.2. The summed E-state index contributed by atoms with van der Waals surface area (Å²) < 4.78 is 69.4. The molecule has 0 aromatic heterocycles. The number of amides is 2. The fourth-order valence-electron chi connectivity index (χ4n) is 4.45. The van der Waals surface area contributed by atoms with E-state index in [1.165, 1.54) is 23.1 Å². The van der Waals surface area contributed by atoms with Crippen LogP contribution in [-0.4, -0.2) is 43.8 Å². The van der Waals surface area contributed by atoms with Crippen molar-refractivity contribution < 1.29 is 31.2 Å². The third kappa shape index (κ3) is 8.59. The number of hydrogen-bond acceptors (Lipinski definition) is 4. The van der Waals surface area contributed by atoms with E-state index in [0.717, 1.165) is 23.3 Å². The smallest absolute Gasteiger partial charge is 0.352 e. The standard InChI is InChI=1S/C32H38F3N3O4S/c1-6-24(5)36-31(40)29(7-2)37(20-25-15-11-22(3)12-16-25)30(39)21-38(27-10-8-9-26(19-27)32(33,34)35)43(41,42)28-17-13-23(4)14-18-28/h8-19,24,29H,6-7,20-21H2,1-5H3,(H,36,40)/t24-,29+/m0/s1. The van der Waals surface area contributed by atoms with Crippen molar-refractivity contribution in [3.63, 3.8) is 0 Å². The van der Waals surface area contributed by atoms with E-state index < -0.39 is 46.2 Å². The summed E-state index contributed by atoms with van der Waals surface area (Å²) in [5.74, 6) is -1.14. The lowest BCUT2D eigenvalue weighted by molar-refractivity contribution is -0.140. The summed E-state index contributed by atoms with van der Waals surface area (Å²) in [6, 6.07) is 15.9. The van der Waals surface area contributed by atoms with Crippen LogP contribution >= 0.6 is 0 Å². The van der Waals surface area contributed by atoms with Gasteiger partial charge in [-0.15, -0.1) is 0 Å². The van der Waals surface area contributed by atoms with Gasteiger partial charge in [0.1, 0.15) is 12.6 Å². The molecule has 3 aromatic carbocycles. The zero-order chi connectivity index (χ0) is 31.9. The molecule has 0 radical (unpaired) electrons. The number of carbonyl (C=O) groups excluding carboxylic acids is 2. The minimum Gasteiger partial charge on any atom is -0.352 e. The maximum Gasteiger partial charge on any atom is 0.416 e. The van der Waals surface area contributed by atoms with Gasteiger partial charge < -0.3 is 10.2 Å². The monoisotopic (exact) mass is 617 g/mol. The van der Waals surface area contributed by atoms with E-state index in [9.17, 15) is 31.2 Å². The molecule has 2 atom stereocenters. The molecule has 3 aromatic rings. The Morgan fingerprint density at radius 3 is 2.00 bits per heavy atom. The molecule has 0 fully saturated rings. The Labute approximate surface area is 251 Å². The lowest BCUT2D eigenvalue weighted by atomic mass is 10.1. The van der Waals surface area contributed by atoms with Crippen molar-refractivity contribution >= 4 is 27.5 Å². The van der Waals surface area contributed by atoms with Crippen molar-refractivity contribution in [3.8, 4) is 0 Å². The minimum atomic E-state index is -4.74.